The Labute approximate surface area is 133 Å². The predicted molar refractivity (Wildman–Crippen MR) is 88.2 cm³/mol. The highest BCUT2D eigenvalue weighted by atomic mass is 16.5. The SMILES string of the molecule is O[C@@H](COc1ccccc1)CN1CCC(N2CCCC2)CC1. The van der Waals surface area contributed by atoms with Crippen LogP contribution in [0.25, 0.3) is 0 Å². The average molecular weight is 304 g/mol. The number of β-amino-alcohol motifs (C(OH)–C–C–N with tert-alkyl or cyclic N) is 1. The molecule has 1 aromatic rings. The molecule has 0 radical (unpaired) electrons. The summed E-state index contributed by atoms with van der Waals surface area (Å²) >= 11 is 0. The molecule has 0 aromatic heterocycles. The fraction of sp³-hybridized carbons (Fsp3) is 0.667. The molecule has 1 N–H and O–H groups in total. The molecular formula is C18H28N2O2. The van der Waals surface area contributed by atoms with Gasteiger partial charge in [0.1, 0.15) is 18.5 Å². The zero-order chi connectivity index (χ0) is 15.2. The first-order chi connectivity index (χ1) is 10.8. The number of ether oxygens (including phenoxy) is 1. The van der Waals surface area contributed by atoms with Crippen molar-refractivity contribution < 1.29 is 9.84 Å². The third-order valence-corrected chi connectivity index (χ3v) is 4.87. The van der Waals surface area contributed by atoms with Crippen LogP contribution in [0.3, 0.4) is 0 Å². The summed E-state index contributed by atoms with van der Waals surface area (Å²) in [5.74, 6) is 0.828. The van der Waals surface area contributed by atoms with Gasteiger partial charge in [-0.2, -0.15) is 0 Å². The van der Waals surface area contributed by atoms with E-state index in [2.05, 4.69) is 9.80 Å². The van der Waals surface area contributed by atoms with Crippen LogP contribution in [-0.4, -0.2) is 66.4 Å². The van der Waals surface area contributed by atoms with Crippen molar-refractivity contribution in [1.82, 2.24) is 9.80 Å². The van der Waals surface area contributed by atoms with E-state index in [1.807, 2.05) is 30.3 Å². The summed E-state index contributed by atoms with van der Waals surface area (Å²) in [5.41, 5.74) is 0. The number of para-hydroxylation sites is 1. The van der Waals surface area contributed by atoms with E-state index in [9.17, 15) is 5.11 Å². The number of aliphatic hydroxyl groups is 1. The van der Waals surface area contributed by atoms with Gasteiger partial charge in [0.2, 0.25) is 0 Å². The van der Waals surface area contributed by atoms with Crippen molar-refractivity contribution in [3.05, 3.63) is 30.3 Å². The summed E-state index contributed by atoms with van der Waals surface area (Å²) in [4.78, 5) is 5.04. The molecule has 0 unspecified atom stereocenters. The highest BCUT2D eigenvalue weighted by Gasteiger charge is 2.27. The van der Waals surface area contributed by atoms with E-state index in [4.69, 9.17) is 4.74 Å². The number of piperidine rings is 1. The lowest BCUT2D eigenvalue weighted by molar-refractivity contribution is 0.0476. The van der Waals surface area contributed by atoms with E-state index in [-0.39, 0.29) is 0 Å². The van der Waals surface area contributed by atoms with Crippen molar-refractivity contribution in [2.75, 3.05) is 39.3 Å². The minimum absolute atomic E-state index is 0.371. The van der Waals surface area contributed by atoms with Crippen molar-refractivity contribution in [2.45, 2.75) is 37.8 Å². The van der Waals surface area contributed by atoms with Gasteiger partial charge in [-0.05, 0) is 64.0 Å². The summed E-state index contributed by atoms with van der Waals surface area (Å²) in [6.45, 7) is 5.87. The van der Waals surface area contributed by atoms with Crippen LogP contribution >= 0.6 is 0 Å². The number of hydrogen-bond donors (Lipinski definition) is 1. The maximum Gasteiger partial charge on any atom is 0.119 e. The van der Waals surface area contributed by atoms with Crippen LogP contribution in [0, 0.1) is 0 Å². The van der Waals surface area contributed by atoms with Crippen molar-refractivity contribution in [2.24, 2.45) is 0 Å². The maximum absolute atomic E-state index is 10.2. The molecule has 1 atom stereocenters. The molecule has 122 valence electrons. The molecule has 4 nitrogen and oxygen atoms in total. The van der Waals surface area contributed by atoms with Crippen LogP contribution in [0.5, 0.6) is 5.75 Å². The van der Waals surface area contributed by atoms with Gasteiger partial charge in [-0.15, -0.1) is 0 Å². The molecule has 1 aromatic carbocycles. The average Bonchev–Trinajstić information content (AvgIpc) is 3.09. The van der Waals surface area contributed by atoms with Gasteiger partial charge >= 0.3 is 0 Å². The Kier molecular flexibility index (Phi) is 5.70. The van der Waals surface area contributed by atoms with Gasteiger partial charge in [0.05, 0.1) is 0 Å². The van der Waals surface area contributed by atoms with Gasteiger partial charge in [0.25, 0.3) is 0 Å². The molecule has 0 bridgehead atoms. The van der Waals surface area contributed by atoms with Crippen LogP contribution in [0.15, 0.2) is 30.3 Å². The Hall–Kier alpha value is -1.10. The van der Waals surface area contributed by atoms with Crippen LogP contribution in [0.4, 0.5) is 0 Å². The Morgan fingerprint density at radius 2 is 1.73 bits per heavy atom. The first kappa shape index (κ1) is 15.8. The van der Waals surface area contributed by atoms with Gasteiger partial charge in [0.15, 0.2) is 0 Å². The highest BCUT2D eigenvalue weighted by Crippen LogP contribution is 2.21. The number of rotatable bonds is 6. The van der Waals surface area contributed by atoms with Gasteiger partial charge in [-0.3, -0.25) is 0 Å². The molecule has 2 aliphatic rings. The van der Waals surface area contributed by atoms with Gasteiger partial charge in [-0.1, -0.05) is 18.2 Å². The van der Waals surface area contributed by atoms with Crippen molar-refractivity contribution >= 4 is 0 Å². The van der Waals surface area contributed by atoms with Crippen LogP contribution < -0.4 is 4.74 Å². The second-order valence-electron chi connectivity index (χ2n) is 6.55. The fourth-order valence-electron chi connectivity index (χ4n) is 3.63. The zero-order valence-electron chi connectivity index (χ0n) is 13.4. The largest absolute Gasteiger partial charge is 0.491 e. The minimum Gasteiger partial charge on any atom is -0.491 e. The lowest BCUT2D eigenvalue weighted by Crippen LogP contribution is -2.46. The number of hydrogen-bond acceptors (Lipinski definition) is 4. The third kappa shape index (κ3) is 4.45. The number of likely N-dealkylation sites (tertiary alicyclic amines) is 2. The monoisotopic (exact) mass is 304 g/mol. The first-order valence-electron chi connectivity index (χ1n) is 8.63. The first-order valence-corrected chi connectivity index (χ1v) is 8.63. The van der Waals surface area contributed by atoms with E-state index in [1.165, 1.54) is 38.8 Å². The van der Waals surface area contributed by atoms with E-state index in [0.29, 0.717) is 6.61 Å². The van der Waals surface area contributed by atoms with Crippen molar-refractivity contribution in [3.63, 3.8) is 0 Å². The lowest BCUT2D eigenvalue weighted by atomic mass is 10.0. The topological polar surface area (TPSA) is 35.9 Å². The van der Waals surface area contributed by atoms with Crippen LogP contribution in [0.1, 0.15) is 25.7 Å². The Balaban J connectivity index is 1.35. The van der Waals surface area contributed by atoms with E-state index in [0.717, 1.165) is 31.4 Å². The summed E-state index contributed by atoms with van der Waals surface area (Å²) in [5, 5.41) is 10.2. The molecule has 4 heteroatoms. The zero-order valence-corrected chi connectivity index (χ0v) is 13.4. The molecule has 2 saturated heterocycles. The fourth-order valence-corrected chi connectivity index (χ4v) is 3.63. The highest BCUT2D eigenvalue weighted by molar-refractivity contribution is 5.20. The molecule has 0 saturated carbocycles. The summed E-state index contributed by atoms with van der Waals surface area (Å²) in [7, 11) is 0. The van der Waals surface area contributed by atoms with Gasteiger partial charge in [0, 0.05) is 12.6 Å². The molecule has 3 rings (SSSR count). The van der Waals surface area contributed by atoms with Crippen molar-refractivity contribution in [1.29, 1.82) is 0 Å². The molecule has 2 aliphatic heterocycles. The second kappa shape index (κ2) is 7.95. The van der Waals surface area contributed by atoms with Crippen molar-refractivity contribution in [3.8, 4) is 5.75 Å². The van der Waals surface area contributed by atoms with E-state index in [1.54, 1.807) is 0 Å². The van der Waals surface area contributed by atoms with Gasteiger partial charge < -0.3 is 19.6 Å². The predicted octanol–water partition coefficient (Wildman–Crippen LogP) is 1.99. The maximum atomic E-state index is 10.2. The number of aliphatic hydroxyl groups excluding tert-OH is 1. The second-order valence-corrected chi connectivity index (χ2v) is 6.55. The normalized spacial score (nSPS) is 22.8. The third-order valence-electron chi connectivity index (χ3n) is 4.87. The number of benzene rings is 1. The van der Waals surface area contributed by atoms with Crippen LogP contribution in [-0.2, 0) is 0 Å². The minimum atomic E-state index is -0.413. The molecule has 2 fully saturated rings. The Bertz CT molecular complexity index is 426. The molecule has 22 heavy (non-hydrogen) atoms. The number of nitrogens with zero attached hydrogens (tertiary/aromatic N) is 2. The molecule has 0 spiro atoms. The summed E-state index contributed by atoms with van der Waals surface area (Å²) in [6, 6.07) is 10.5. The smallest absolute Gasteiger partial charge is 0.119 e. The standard InChI is InChI=1S/C18H28N2O2/c21-17(15-22-18-6-2-1-3-7-18)14-19-12-8-16(9-13-19)20-10-4-5-11-20/h1-3,6-7,16-17,21H,4-5,8-15H2/t17-/m1/s1. The summed E-state index contributed by atoms with van der Waals surface area (Å²) < 4.78 is 5.63. The molecular weight excluding hydrogens is 276 g/mol. The van der Waals surface area contributed by atoms with Gasteiger partial charge in [-0.25, -0.2) is 0 Å². The molecule has 0 amide bonds. The lowest BCUT2D eigenvalue weighted by Gasteiger charge is -2.37. The Morgan fingerprint density at radius 1 is 1.05 bits per heavy atom. The van der Waals surface area contributed by atoms with E-state index < -0.39 is 6.10 Å². The Morgan fingerprint density at radius 3 is 2.41 bits per heavy atom. The quantitative estimate of drug-likeness (QED) is 0.872. The van der Waals surface area contributed by atoms with E-state index >= 15 is 0 Å². The van der Waals surface area contributed by atoms with Crippen LogP contribution in [0.2, 0.25) is 0 Å². The molecule has 0 aliphatic carbocycles. The summed E-state index contributed by atoms with van der Waals surface area (Å²) in [6.07, 6.45) is 4.81. The molecule has 2 heterocycles.